The van der Waals surface area contributed by atoms with Crippen LogP contribution in [0.2, 0.25) is 0 Å². The number of aryl methyl sites for hydroxylation is 1. The van der Waals surface area contributed by atoms with Crippen LogP contribution in [0.3, 0.4) is 0 Å². The number of benzene rings is 1. The van der Waals surface area contributed by atoms with Crippen molar-refractivity contribution in [1.29, 1.82) is 0 Å². The van der Waals surface area contributed by atoms with Gasteiger partial charge in [-0.2, -0.15) is 0 Å². The summed E-state index contributed by atoms with van der Waals surface area (Å²) in [4.78, 5) is 2.43. The van der Waals surface area contributed by atoms with E-state index in [2.05, 4.69) is 25.7 Å². The number of nitrogens with two attached hydrogens (primary N) is 1. The van der Waals surface area contributed by atoms with Gasteiger partial charge in [-0.05, 0) is 50.9 Å². The third kappa shape index (κ3) is 4.57. The van der Waals surface area contributed by atoms with E-state index in [4.69, 9.17) is 5.73 Å². The van der Waals surface area contributed by atoms with Gasteiger partial charge >= 0.3 is 0 Å². The summed E-state index contributed by atoms with van der Waals surface area (Å²) >= 11 is 0. The first-order chi connectivity index (χ1) is 9.51. The van der Waals surface area contributed by atoms with Gasteiger partial charge in [0.1, 0.15) is 5.82 Å². The lowest BCUT2D eigenvalue weighted by Crippen LogP contribution is -2.39. The molecular weight excluding hydrogens is 251 g/mol. The van der Waals surface area contributed by atoms with Crippen LogP contribution in [0.15, 0.2) is 18.2 Å². The lowest BCUT2D eigenvalue weighted by molar-refractivity contribution is 0.154. The summed E-state index contributed by atoms with van der Waals surface area (Å²) in [5.74, 6) is -0.147. The van der Waals surface area contributed by atoms with E-state index < -0.39 is 0 Å². The molecule has 3 heteroatoms. The number of hydrogen-bond acceptors (Lipinski definition) is 2. The largest absolute Gasteiger partial charge is 0.329 e. The summed E-state index contributed by atoms with van der Waals surface area (Å²) in [5.41, 5.74) is 7.82. The Bertz CT molecular complexity index is 404. The van der Waals surface area contributed by atoms with Gasteiger partial charge in [-0.1, -0.05) is 31.9 Å². The standard InChI is InChI=1S/C17H29FN2/c1-5-6-7-10-20(13(2)3)17(12-19)15-8-9-16(18)14(4)11-15/h8-9,11,13,17H,5-7,10,12,19H2,1-4H3. The first-order valence-electron chi connectivity index (χ1n) is 7.73. The summed E-state index contributed by atoms with van der Waals surface area (Å²) in [6.07, 6.45) is 3.64. The Morgan fingerprint density at radius 2 is 1.95 bits per heavy atom. The fourth-order valence-electron chi connectivity index (χ4n) is 2.66. The van der Waals surface area contributed by atoms with Crippen LogP contribution in [0.5, 0.6) is 0 Å². The molecular formula is C17H29FN2. The van der Waals surface area contributed by atoms with E-state index in [1.807, 2.05) is 19.1 Å². The van der Waals surface area contributed by atoms with Crippen molar-refractivity contribution in [2.45, 2.75) is 59.0 Å². The maximum absolute atomic E-state index is 13.4. The van der Waals surface area contributed by atoms with E-state index >= 15 is 0 Å². The molecule has 1 unspecified atom stereocenters. The van der Waals surface area contributed by atoms with Gasteiger partial charge < -0.3 is 5.73 Å². The Morgan fingerprint density at radius 1 is 1.25 bits per heavy atom. The SMILES string of the molecule is CCCCCN(C(C)C)C(CN)c1ccc(F)c(C)c1. The van der Waals surface area contributed by atoms with Crippen molar-refractivity contribution < 1.29 is 4.39 Å². The molecule has 1 atom stereocenters. The van der Waals surface area contributed by atoms with Gasteiger partial charge in [-0.15, -0.1) is 0 Å². The summed E-state index contributed by atoms with van der Waals surface area (Å²) in [6.45, 7) is 10.0. The van der Waals surface area contributed by atoms with Crippen LogP contribution in [0.25, 0.3) is 0 Å². The first-order valence-corrected chi connectivity index (χ1v) is 7.73. The molecule has 0 saturated heterocycles. The number of nitrogens with zero attached hydrogens (tertiary/aromatic N) is 1. The number of halogens is 1. The molecule has 1 aromatic carbocycles. The molecule has 20 heavy (non-hydrogen) atoms. The summed E-state index contributed by atoms with van der Waals surface area (Å²) in [5, 5.41) is 0. The minimum atomic E-state index is -0.147. The lowest BCUT2D eigenvalue weighted by atomic mass is 10.0. The zero-order valence-corrected chi connectivity index (χ0v) is 13.3. The highest BCUT2D eigenvalue weighted by molar-refractivity contribution is 5.27. The zero-order valence-electron chi connectivity index (χ0n) is 13.3. The van der Waals surface area contributed by atoms with Crippen molar-refractivity contribution >= 4 is 0 Å². The average Bonchev–Trinajstić information content (AvgIpc) is 2.41. The summed E-state index contributed by atoms with van der Waals surface area (Å²) < 4.78 is 13.4. The number of unbranched alkanes of at least 4 members (excludes halogenated alkanes) is 2. The van der Waals surface area contributed by atoms with Gasteiger partial charge in [0.15, 0.2) is 0 Å². The molecule has 1 aromatic rings. The molecule has 0 heterocycles. The smallest absolute Gasteiger partial charge is 0.126 e. The Hall–Kier alpha value is -0.930. The maximum Gasteiger partial charge on any atom is 0.126 e. The number of hydrogen-bond donors (Lipinski definition) is 1. The van der Waals surface area contributed by atoms with Gasteiger partial charge in [0.2, 0.25) is 0 Å². The fourth-order valence-corrected chi connectivity index (χ4v) is 2.66. The van der Waals surface area contributed by atoms with E-state index in [0.717, 1.165) is 12.1 Å². The summed E-state index contributed by atoms with van der Waals surface area (Å²) in [6, 6.07) is 5.96. The summed E-state index contributed by atoms with van der Waals surface area (Å²) in [7, 11) is 0. The Kier molecular flexibility index (Phi) is 7.17. The van der Waals surface area contributed by atoms with E-state index in [1.165, 1.54) is 19.3 Å². The van der Waals surface area contributed by atoms with Crippen molar-refractivity contribution in [2.75, 3.05) is 13.1 Å². The number of rotatable bonds is 8. The minimum Gasteiger partial charge on any atom is -0.329 e. The molecule has 0 aromatic heterocycles. The van der Waals surface area contributed by atoms with E-state index in [0.29, 0.717) is 18.2 Å². The van der Waals surface area contributed by atoms with E-state index in [1.54, 1.807) is 6.07 Å². The molecule has 0 aliphatic heterocycles. The molecule has 0 saturated carbocycles. The van der Waals surface area contributed by atoms with Crippen molar-refractivity contribution in [2.24, 2.45) is 5.73 Å². The third-order valence-corrected chi connectivity index (χ3v) is 3.87. The van der Waals surface area contributed by atoms with Gasteiger partial charge in [-0.25, -0.2) is 4.39 Å². The van der Waals surface area contributed by atoms with Crippen molar-refractivity contribution in [1.82, 2.24) is 4.90 Å². The Balaban J connectivity index is 2.91. The van der Waals surface area contributed by atoms with Crippen LogP contribution in [-0.2, 0) is 0 Å². The molecule has 2 nitrogen and oxygen atoms in total. The molecule has 114 valence electrons. The molecule has 0 aliphatic rings. The molecule has 1 rings (SSSR count). The van der Waals surface area contributed by atoms with Gasteiger partial charge in [0, 0.05) is 18.6 Å². The molecule has 0 aliphatic carbocycles. The molecule has 0 amide bonds. The van der Waals surface area contributed by atoms with E-state index in [-0.39, 0.29) is 11.9 Å². The van der Waals surface area contributed by atoms with Gasteiger partial charge in [0.05, 0.1) is 0 Å². The molecule has 0 bridgehead atoms. The fraction of sp³-hybridized carbons (Fsp3) is 0.647. The van der Waals surface area contributed by atoms with Gasteiger partial charge in [-0.3, -0.25) is 4.90 Å². The van der Waals surface area contributed by atoms with Crippen molar-refractivity contribution in [3.63, 3.8) is 0 Å². The Morgan fingerprint density at radius 3 is 2.45 bits per heavy atom. The average molecular weight is 280 g/mol. The zero-order chi connectivity index (χ0) is 15.1. The normalized spacial score (nSPS) is 13.2. The van der Waals surface area contributed by atoms with Crippen LogP contribution in [0.1, 0.15) is 57.2 Å². The topological polar surface area (TPSA) is 29.3 Å². The van der Waals surface area contributed by atoms with Crippen LogP contribution in [0.4, 0.5) is 4.39 Å². The second-order valence-electron chi connectivity index (χ2n) is 5.80. The monoisotopic (exact) mass is 280 g/mol. The van der Waals surface area contributed by atoms with E-state index in [9.17, 15) is 4.39 Å². The van der Waals surface area contributed by atoms with Crippen LogP contribution >= 0.6 is 0 Å². The van der Waals surface area contributed by atoms with Crippen molar-refractivity contribution in [3.8, 4) is 0 Å². The first kappa shape index (κ1) is 17.1. The second kappa shape index (κ2) is 8.38. The highest BCUT2D eigenvalue weighted by Gasteiger charge is 2.21. The minimum absolute atomic E-state index is 0.147. The van der Waals surface area contributed by atoms with Crippen LogP contribution < -0.4 is 5.73 Å². The Labute approximate surface area is 123 Å². The van der Waals surface area contributed by atoms with Gasteiger partial charge in [0.25, 0.3) is 0 Å². The molecule has 2 N–H and O–H groups in total. The lowest BCUT2D eigenvalue weighted by Gasteiger charge is -2.35. The molecule has 0 radical (unpaired) electrons. The second-order valence-corrected chi connectivity index (χ2v) is 5.80. The third-order valence-electron chi connectivity index (χ3n) is 3.87. The highest BCUT2D eigenvalue weighted by Crippen LogP contribution is 2.24. The molecule has 0 spiro atoms. The van der Waals surface area contributed by atoms with Crippen LogP contribution in [0, 0.1) is 12.7 Å². The predicted molar refractivity (Wildman–Crippen MR) is 84.3 cm³/mol. The molecule has 0 fully saturated rings. The predicted octanol–water partition coefficient (Wildman–Crippen LogP) is 4.03. The quantitative estimate of drug-likeness (QED) is 0.728. The van der Waals surface area contributed by atoms with Crippen molar-refractivity contribution in [3.05, 3.63) is 35.1 Å². The highest BCUT2D eigenvalue weighted by atomic mass is 19.1. The van der Waals surface area contributed by atoms with Crippen LogP contribution in [-0.4, -0.2) is 24.0 Å². The maximum atomic E-state index is 13.4.